The molecule has 0 saturated heterocycles. The van der Waals surface area contributed by atoms with Crippen LogP contribution in [0.5, 0.6) is 0 Å². The Kier molecular flexibility index (Phi) is 9.25. The van der Waals surface area contributed by atoms with Gasteiger partial charge in [0.25, 0.3) is 0 Å². The number of nitrogens with zero attached hydrogens (tertiary/aromatic N) is 2. The minimum atomic E-state index is -2.82. The average molecular weight is 429 g/mol. The van der Waals surface area contributed by atoms with Gasteiger partial charge in [-0.3, -0.25) is 4.57 Å². The predicted molar refractivity (Wildman–Crippen MR) is 116 cm³/mol. The zero-order chi connectivity index (χ0) is 21.0. The normalized spacial score (nSPS) is 12.2. The summed E-state index contributed by atoms with van der Waals surface area (Å²) in [6.45, 7) is 1.72. The van der Waals surface area contributed by atoms with Crippen molar-refractivity contribution in [2.45, 2.75) is 38.6 Å². The number of rotatable bonds is 13. The van der Waals surface area contributed by atoms with E-state index in [1.807, 2.05) is 30.3 Å². The molecule has 0 spiro atoms. The van der Waals surface area contributed by atoms with E-state index in [9.17, 15) is 4.57 Å². The maximum absolute atomic E-state index is 10.4. The Hall–Kier alpha value is -2.31. The molecule has 30 heavy (non-hydrogen) atoms. The van der Waals surface area contributed by atoms with E-state index in [0.717, 1.165) is 43.4 Å². The Labute approximate surface area is 177 Å². The van der Waals surface area contributed by atoms with Crippen molar-refractivity contribution in [3.8, 4) is 11.4 Å². The van der Waals surface area contributed by atoms with Crippen molar-refractivity contribution in [2.75, 3.05) is 13.2 Å². The fourth-order valence-corrected chi connectivity index (χ4v) is 3.40. The standard InChI is InChI=1S/C22H28N3O4P/c26-30(27)28-16-6-15-23-17-19-11-13-20(14-12-19)22-24-21(29-25-22)10-5-4-9-18-7-2-1-3-8-18/h1-3,7-8,11-14,23,30H,4-6,9-10,15-17H2,(H,26,27). The van der Waals surface area contributed by atoms with E-state index in [4.69, 9.17) is 9.42 Å². The van der Waals surface area contributed by atoms with Crippen molar-refractivity contribution < 1.29 is 18.5 Å². The number of aromatic nitrogens is 2. The molecule has 1 heterocycles. The molecule has 1 aromatic heterocycles. The first kappa shape index (κ1) is 22.4. The van der Waals surface area contributed by atoms with E-state index in [1.54, 1.807) is 0 Å². The highest BCUT2D eigenvalue weighted by molar-refractivity contribution is 7.32. The fraction of sp³-hybridized carbons (Fsp3) is 0.364. The second-order valence-electron chi connectivity index (χ2n) is 7.05. The molecule has 160 valence electrons. The van der Waals surface area contributed by atoms with E-state index < -0.39 is 8.25 Å². The van der Waals surface area contributed by atoms with Crippen molar-refractivity contribution in [1.29, 1.82) is 0 Å². The van der Waals surface area contributed by atoms with Crippen LogP contribution in [0, 0.1) is 0 Å². The van der Waals surface area contributed by atoms with Gasteiger partial charge in [0.15, 0.2) is 0 Å². The SMILES string of the molecule is O=[PH](O)OCCCNCc1ccc(-c2noc(CCCCc3ccccc3)n2)cc1. The molecular weight excluding hydrogens is 401 g/mol. The van der Waals surface area contributed by atoms with Gasteiger partial charge in [0, 0.05) is 18.5 Å². The first-order chi connectivity index (χ1) is 14.7. The van der Waals surface area contributed by atoms with Crippen LogP contribution in [-0.2, 0) is 28.5 Å². The van der Waals surface area contributed by atoms with Crippen LogP contribution in [-0.4, -0.2) is 28.2 Å². The Morgan fingerprint density at radius 3 is 2.50 bits per heavy atom. The van der Waals surface area contributed by atoms with Gasteiger partial charge in [-0.2, -0.15) is 4.98 Å². The number of aryl methyl sites for hydroxylation is 2. The zero-order valence-electron chi connectivity index (χ0n) is 16.9. The predicted octanol–water partition coefficient (Wildman–Crippen LogP) is 4.18. The van der Waals surface area contributed by atoms with Crippen molar-refractivity contribution in [1.82, 2.24) is 15.5 Å². The van der Waals surface area contributed by atoms with Crippen molar-refractivity contribution >= 4 is 8.25 Å². The highest BCUT2D eigenvalue weighted by Gasteiger charge is 2.08. The largest absolute Gasteiger partial charge is 0.339 e. The second-order valence-corrected chi connectivity index (χ2v) is 7.87. The highest BCUT2D eigenvalue weighted by atomic mass is 31.1. The van der Waals surface area contributed by atoms with Gasteiger partial charge < -0.3 is 19.3 Å². The van der Waals surface area contributed by atoms with Crippen LogP contribution in [0.1, 0.15) is 36.3 Å². The third-order valence-corrected chi connectivity index (χ3v) is 5.13. The summed E-state index contributed by atoms with van der Waals surface area (Å²) in [5, 5.41) is 7.38. The topological polar surface area (TPSA) is 97.5 Å². The summed E-state index contributed by atoms with van der Waals surface area (Å²) in [6.07, 6.45) is 4.64. The molecule has 2 N–H and O–H groups in total. The summed E-state index contributed by atoms with van der Waals surface area (Å²) in [5.74, 6) is 1.29. The number of unbranched alkanes of at least 4 members (excludes halogenated alkanes) is 1. The van der Waals surface area contributed by atoms with Gasteiger partial charge in [0.05, 0.1) is 6.61 Å². The molecule has 1 atom stereocenters. The monoisotopic (exact) mass is 429 g/mol. The minimum absolute atomic E-state index is 0.284. The van der Waals surface area contributed by atoms with Gasteiger partial charge >= 0.3 is 8.25 Å². The van der Waals surface area contributed by atoms with Crippen LogP contribution in [0.4, 0.5) is 0 Å². The molecule has 1 unspecified atom stereocenters. The summed E-state index contributed by atoms with van der Waals surface area (Å²) in [4.78, 5) is 13.1. The number of hydrogen-bond donors (Lipinski definition) is 2. The van der Waals surface area contributed by atoms with Crippen LogP contribution >= 0.6 is 8.25 Å². The van der Waals surface area contributed by atoms with E-state index in [1.165, 1.54) is 5.56 Å². The van der Waals surface area contributed by atoms with Crippen molar-refractivity contribution in [2.24, 2.45) is 0 Å². The molecule has 0 radical (unpaired) electrons. The van der Waals surface area contributed by atoms with Crippen LogP contribution in [0.3, 0.4) is 0 Å². The van der Waals surface area contributed by atoms with Crippen LogP contribution < -0.4 is 5.32 Å². The second kappa shape index (κ2) is 12.4. The lowest BCUT2D eigenvalue weighted by molar-refractivity contribution is 0.276. The molecule has 2 aromatic carbocycles. The molecule has 0 aliphatic carbocycles. The number of nitrogens with one attached hydrogen (secondary N) is 1. The van der Waals surface area contributed by atoms with Gasteiger partial charge in [-0.1, -0.05) is 59.8 Å². The van der Waals surface area contributed by atoms with Crippen LogP contribution in [0.15, 0.2) is 59.1 Å². The van der Waals surface area contributed by atoms with Gasteiger partial charge in [-0.05, 0) is 43.4 Å². The van der Waals surface area contributed by atoms with Crippen molar-refractivity contribution in [3.63, 3.8) is 0 Å². The molecule has 0 aliphatic heterocycles. The molecular formula is C22H28N3O4P. The summed E-state index contributed by atoms with van der Waals surface area (Å²) in [7, 11) is -2.82. The van der Waals surface area contributed by atoms with Gasteiger partial charge in [-0.15, -0.1) is 0 Å². The lowest BCUT2D eigenvalue weighted by Crippen LogP contribution is -2.15. The molecule has 0 bridgehead atoms. The van der Waals surface area contributed by atoms with Crippen molar-refractivity contribution in [3.05, 3.63) is 71.6 Å². The number of benzene rings is 2. The summed E-state index contributed by atoms with van der Waals surface area (Å²) < 4.78 is 20.5. The first-order valence-corrected chi connectivity index (χ1v) is 11.5. The molecule has 8 heteroatoms. The Morgan fingerprint density at radius 2 is 1.73 bits per heavy atom. The van der Waals surface area contributed by atoms with Gasteiger partial charge in [-0.25, -0.2) is 0 Å². The van der Waals surface area contributed by atoms with Gasteiger partial charge in [0.1, 0.15) is 0 Å². The lowest BCUT2D eigenvalue weighted by Gasteiger charge is -2.05. The summed E-state index contributed by atoms with van der Waals surface area (Å²) in [5.41, 5.74) is 3.42. The van der Waals surface area contributed by atoms with E-state index in [0.29, 0.717) is 24.7 Å². The van der Waals surface area contributed by atoms with Crippen LogP contribution in [0.2, 0.25) is 0 Å². The highest BCUT2D eigenvalue weighted by Crippen LogP contribution is 2.18. The molecule has 0 amide bonds. The summed E-state index contributed by atoms with van der Waals surface area (Å²) in [6, 6.07) is 18.5. The lowest BCUT2D eigenvalue weighted by atomic mass is 10.1. The van der Waals surface area contributed by atoms with E-state index >= 15 is 0 Å². The fourth-order valence-electron chi connectivity index (χ4n) is 3.08. The average Bonchev–Trinajstić information content (AvgIpc) is 3.24. The summed E-state index contributed by atoms with van der Waals surface area (Å²) >= 11 is 0. The Morgan fingerprint density at radius 1 is 0.967 bits per heavy atom. The van der Waals surface area contributed by atoms with E-state index in [2.05, 4.69) is 44.2 Å². The third kappa shape index (κ3) is 7.84. The minimum Gasteiger partial charge on any atom is -0.339 e. The quantitative estimate of drug-likeness (QED) is 0.311. The maximum atomic E-state index is 10.4. The molecule has 3 aromatic rings. The number of hydrogen-bond acceptors (Lipinski definition) is 6. The maximum Gasteiger partial charge on any atom is 0.316 e. The Bertz CT molecular complexity index is 900. The first-order valence-electron chi connectivity index (χ1n) is 10.2. The molecule has 0 aliphatic rings. The third-order valence-electron chi connectivity index (χ3n) is 4.68. The van der Waals surface area contributed by atoms with Gasteiger partial charge in [0.2, 0.25) is 11.7 Å². The van der Waals surface area contributed by atoms with Crippen LogP contribution in [0.25, 0.3) is 11.4 Å². The zero-order valence-corrected chi connectivity index (χ0v) is 17.9. The Balaban J connectivity index is 1.38. The van der Waals surface area contributed by atoms with E-state index in [-0.39, 0.29) is 6.61 Å². The molecule has 3 rings (SSSR count). The molecule has 7 nitrogen and oxygen atoms in total. The molecule has 0 saturated carbocycles. The molecule has 0 fully saturated rings. The smallest absolute Gasteiger partial charge is 0.316 e.